The van der Waals surface area contributed by atoms with Gasteiger partial charge in [-0.25, -0.2) is 0 Å². The molecule has 0 fully saturated rings. The molecule has 0 heterocycles. The molecule has 1 unspecified atom stereocenters. The van der Waals surface area contributed by atoms with Gasteiger partial charge in [-0.05, 0) is 12.5 Å². The van der Waals surface area contributed by atoms with Crippen LogP contribution >= 0.6 is 7.60 Å². The van der Waals surface area contributed by atoms with E-state index in [1.807, 2.05) is 0 Å². The van der Waals surface area contributed by atoms with E-state index in [1.54, 1.807) is 30.3 Å². The van der Waals surface area contributed by atoms with E-state index >= 15 is 0 Å². The molecule has 1 aromatic carbocycles. The maximum Gasteiger partial charge on any atom is 0.523 e. The summed E-state index contributed by atoms with van der Waals surface area (Å²) in [5.74, 6) is 0. The molecule has 0 aliphatic carbocycles. The molecule has 0 aliphatic rings. The first-order valence-electron chi connectivity index (χ1n) is 5.97. The van der Waals surface area contributed by atoms with Gasteiger partial charge in [-0.2, -0.15) is 21.6 Å². The summed E-state index contributed by atoms with van der Waals surface area (Å²) in [7, 11) is -10.0. The largest absolute Gasteiger partial charge is 0.523 e. The van der Waals surface area contributed by atoms with Crippen molar-refractivity contribution >= 4 is 17.7 Å². The SMILES string of the molecule is CCOP(=O)(COS(=O)(=O)C(F)(F)F)OCc1ccccc1. The molecule has 0 spiro atoms. The molecular formula is C11H14F3O6PS. The van der Waals surface area contributed by atoms with Crippen molar-refractivity contribution < 1.29 is 39.4 Å². The molecule has 0 aromatic heterocycles. The van der Waals surface area contributed by atoms with Gasteiger partial charge in [-0.1, -0.05) is 30.3 Å². The molecule has 1 rings (SSSR count). The van der Waals surface area contributed by atoms with Crippen LogP contribution in [0.4, 0.5) is 13.2 Å². The van der Waals surface area contributed by atoms with Crippen molar-refractivity contribution in [1.29, 1.82) is 0 Å². The monoisotopic (exact) mass is 362 g/mol. The Hall–Kier alpha value is -0.930. The van der Waals surface area contributed by atoms with Gasteiger partial charge in [0.15, 0.2) is 6.35 Å². The Morgan fingerprint density at radius 3 is 2.23 bits per heavy atom. The number of hydrogen-bond donors (Lipinski definition) is 0. The van der Waals surface area contributed by atoms with Crippen molar-refractivity contribution in [3.05, 3.63) is 35.9 Å². The van der Waals surface area contributed by atoms with Gasteiger partial charge in [0.05, 0.1) is 13.2 Å². The summed E-state index contributed by atoms with van der Waals surface area (Å²) in [5.41, 5.74) is -5.02. The van der Waals surface area contributed by atoms with E-state index < -0.39 is 29.6 Å². The standard InChI is InChI=1S/C11H14F3O6PS/c1-2-18-21(15,9-20-22(16,17)11(12,13)14)19-8-10-6-4-3-5-7-10/h3-7H,2,8-9H2,1H3. The zero-order valence-corrected chi connectivity index (χ0v) is 13.2. The highest BCUT2D eigenvalue weighted by molar-refractivity contribution is 7.87. The molecule has 126 valence electrons. The van der Waals surface area contributed by atoms with Crippen LogP contribution in [0.3, 0.4) is 0 Å². The molecule has 0 N–H and O–H groups in total. The van der Waals surface area contributed by atoms with Gasteiger partial charge in [0.25, 0.3) is 0 Å². The maximum absolute atomic E-state index is 12.2. The summed E-state index contributed by atoms with van der Waals surface area (Å²) >= 11 is 0. The Morgan fingerprint density at radius 1 is 1.14 bits per heavy atom. The zero-order valence-electron chi connectivity index (χ0n) is 11.4. The number of alkyl halides is 3. The van der Waals surface area contributed by atoms with Gasteiger partial charge in [0.1, 0.15) is 0 Å². The van der Waals surface area contributed by atoms with E-state index in [1.165, 1.54) is 6.92 Å². The highest BCUT2D eigenvalue weighted by Crippen LogP contribution is 2.49. The molecule has 22 heavy (non-hydrogen) atoms. The Bertz CT molecular complexity index is 616. The topological polar surface area (TPSA) is 78.9 Å². The van der Waals surface area contributed by atoms with Gasteiger partial charge in [-0.3, -0.25) is 8.75 Å². The smallest absolute Gasteiger partial charge is 0.307 e. The van der Waals surface area contributed by atoms with E-state index in [9.17, 15) is 26.2 Å². The third-order valence-electron chi connectivity index (χ3n) is 2.25. The first-order valence-corrected chi connectivity index (χ1v) is 9.11. The van der Waals surface area contributed by atoms with Crippen molar-refractivity contribution in [1.82, 2.24) is 0 Å². The van der Waals surface area contributed by atoms with Crippen LogP contribution in [-0.4, -0.2) is 26.9 Å². The predicted octanol–water partition coefficient (Wildman–Crippen LogP) is 3.26. The van der Waals surface area contributed by atoms with Crippen molar-refractivity contribution in [3.8, 4) is 0 Å². The number of benzene rings is 1. The second-order valence-corrected chi connectivity index (χ2v) is 7.54. The molecular weight excluding hydrogens is 348 g/mol. The van der Waals surface area contributed by atoms with Gasteiger partial charge >= 0.3 is 23.2 Å². The van der Waals surface area contributed by atoms with E-state index in [0.29, 0.717) is 5.56 Å². The van der Waals surface area contributed by atoms with Crippen LogP contribution in [0.1, 0.15) is 12.5 Å². The minimum Gasteiger partial charge on any atom is -0.307 e. The van der Waals surface area contributed by atoms with Crippen LogP contribution < -0.4 is 0 Å². The summed E-state index contributed by atoms with van der Waals surface area (Å²) < 4.78 is 83.6. The molecule has 0 aliphatic heterocycles. The van der Waals surface area contributed by atoms with Gasteiger partial charge in [0.2, 0.25) is 0 Å². The van der Waals surface area contributed by atoms with E-state index in [2.05, 4.69) is 4.18 Å². The zero-order chi connectivity index (χ0) is 16.9. The molecule has 0 radical (unpaired) electrons. The molecule has 11 heteroatoms. The molecule has 0 bridgehead atoms. The van der Waals surface area contributed by atoms with Crippen LogP contribution in [0.15, 0.2) is 30.3 Å². The van der Waals surface area contributed by atoms with Crippen molar-refractivity contribution in [2.75, 3.05) is 13.0 Å². The minimum atomic E-state index is -5.86. The van der Waals surface area contributed by atoms with Crippen LogP contribution in [0.5, 0.6) is 0 Å². The second kappa shape index (κ2) is 7.56. The highest BCUT2D eigenvalue weighted by Gasteiger charge is 2.48. The van der Waals surface area contributed by atoms with Gasteiger partial charge in [-0.15, -0.1) is 0 Å². The van der Waals surface area contributed by atoms with Crippen molar-refractivity contribution in [2.24, 2.45) is 0 Å². The van der Waals surface area contributed by atoms with Gasteiger partial charge in [0, 0.05) is 0 Å². The summed E-state index contributed by atoms with van der Waals surface area (Å²) in [6.45, 7) is 1.05. The minimum absolute atomic E-state index is 0.151. The Labute approximate surface area is 125 Å². The number of halogens is 3. The lowest BCUT2D eigenvalue weighted by Crippen LogP contribution is -2.26. The quantitative estimate of drug-likeness (QED) is 0.401. The van der Waals surface area contributed by atoms with Crippen LogP contribution in [0, 0.1) is 0 Å². The Morgan fingerprint density at radius 2 is 1.73 bits per heavy atom. The lowest BCUT2D eigenvalue weighted by Gasteiger charge is -2.18. The second-order valence-electron chi connectivity index (χ2n) is 3.93. The predicted molar refractivity (Wildman–Crippen MR) is 71.4 cm³/mol. The molecule has 0 saturated carbocycles. The fourth-order valence-electron chi connectivity index (χ4n) is 1.26. The van der Waals surface area contributed by atoms with E-state index in [-0.39, 0.29) is 13.2 Å². The maximum atomic E-state index is 12.2. The molecule has 1 aromatic rings. The third kappa shape index (κ3) is 5.69. The average Bonchev–Trinajstić information content (AvgIpc) is 2.44. The average molecular weight is 362 g/mol. The Kier molecular flexibility index (Phi) is 6.57. The van der Waals surface area contributed by atoms with Gasteiger partial charge < -0.3 is 9.05 Å². The van der Waals surface area contributed by atoms with E-state index in [4.69, 9.17) is 9.05 Å². The van der Waals surface area contributed by atoms with Crippen LogP contribution in [0.25, 0.3) is 0 Å². The summed E-state index contributed by atoms with van der Waals surface area (Å²) in [5, 5.41) is 0. The fourth-order valence-corrected chi connectivity index (χ4v) is 3.42. The number of hydrogen-bond acceptors (Lipinski definition) is 6. The third-order valence-corrected chi connectivity index (χ3v) is 5.04. The molecule has 1 atom stereocenters. The van der Waals surface area contributed by atoms with Crippen molar-refractivity contribution in [2.45, 2.75) is 19.0 Å². The summed E-state index contributed by atoms with van der Waals surface area (Å²) in [4.78, 5) is 0. The van der Waals surface area contributed by atoms with Crippen molar-refractivity contribution in [3.63, 3.8) is 0 Å². The lowest BCUT2D eigenvalue weighted by atomic mass is 10.2. The van der Waals surface area contributed by atoms with E-state index in [0.717, 1.165) is 0 Å². The van der Waals surface area contributed by atoms with Crippen LogP contribution in [-0.2, 0) is 34.5 Å². The summed E-state index contributed by atoms with van der Waals surface area (Å²) in [6, 6.07) is 8.33. The Balaban J connectivity index is 2.73. The first kappa shape index (κ1) is 19.1. The summed E-state index contributed by atoms with van der Waals surface area (Å²) in [6.07, 6.45) is -1.35. The molecule has 0 saturated heterocycles. The number of rotatable bonds is 8. The highest BCUT2D eigenvalue weighted by atomic mass is 32.2. The fraction of sp³-hybridized carbons (Fsp3) is 0.455. The molecule has 0 amide bonds. The lowest BCUT2D eigenvalue weighted by molar-refractivity contribution is -0.0534. The first-order chi connectivity index (χ1) is 10.1. The molecule has 6 nitrogen and oxygen atoms in total. The normalized spacial score (nSPS) is 15.5. The van der Waals surface area contributed by atoms with Crippen LogP contribution in [0.2, 0.25) is 0 Å².